The third kappa shape index (κ3) is 4.15. The molecule has 1 amide bonds. The van der Waals surface area contributed by atoms with Crippen LogP contribution >= 0.6 is 27.3 Å². The SMILES string of the molecule is CC1CC2(CCN1C(=O)OC(C)(C)C)OCC(Br)c1sc(C(F)(F)F)cc12. The van der Waals surface area contributed by atoms with Gasteiger partial charge in [-0.3, -0.25) is 0 Å². The van der Waals surface area contributed by atoms with Gasteiger partial charge in [-0.1, -0.05) is 15.9 Å². The Kier molecular flexibility index (Phi) is 5.36. The highest BCUT2D eigenvalue weighted by Gasteiger charge is 2.49. The Bertz CT molecular complexity index is 730. The summed E-state index contributed by atoms with van der Waals surface area (Å²) in [7, 11) is 0. The summed E-state index contributed by atoms with van der Waals surface area (Å²) in [6, 6.07) is 1.02. The van der Waals surface area contributed by atoms with Gasteiger partial charge in [0.05, 0.1) is 17.0 Å². The molecule has 0 N–H and O–H groups in total. The lowest BCUT2D eigenvalue weighted by Crippen LogP contribution is -2.53. The molecule has 1 saturated heterocycles. The van der Waals surface area contributed by atoms with Crippen molar-refractivity contribution >= 4 is 33.4 Å². The van der Waals surface area contributed by atoms with E-state index in [1.165, 1.54) is 6.07 Å². The fourth-order valence-corrected chi connectivity index (χ4v) is 5.44. The minimum Gasteiger partial charge on any atom is -0.444 e. The van der Waals surface area contributed by atoms with Crippen LogP contribution in [0.3, 0.4) is 0 Å². The molecular formula is C18H23BrF3NO3S. The fraction of sp³-hybridized carbons (Fsp3) is 0.722. The molecule has 0 aliphatic carbocycles. The number of thiophene rings is 1. The second kappa shape index (κ2) is 6.91. The predicted octanol–water partition coefficient (Wildman–Crippen LogP) is 5.85. The van der Waals surface area contributed by atoms with Gasteiger partial charge < -0.3 is 14.4 Å². The van der Waals surface area contributed by atoms with Crippen LogP contribution in [0.2, 0.25) is 0 Å². The highest BCUT2D eigenvalue weighted by molar-refractivity contribution is 9.09. The summed E-state index contributed by atoms with van der Waals surface area (Å²) in [5, 5.41) is 0. The van der Waals surface area contributed by atoms with Gasteiger partial charge in [0, 0.05) is 23.9 Å². The second-order valence-electron chi connectivity index (χ2n) is 8.14. The molecule has 0 radical (unpaired) electrons. The standard InChI is InChI=1S/C18H23BrF3NO3S/c1-10-8-17(5-6-23(10)15(24)26-16(2,3)4)11-7-13(18(20,21)22)27-14(11)12(19)9-25-17/h7,10,12H,5-6,8-9H2,1-4H3. The molecule has 1 aromatic heterocycles. The number of likely N-dealkylation sites (tertiary alicyclic amines) is 1. The van der Waals surface area contributed by atoms with Crippen LogP contribution in [0.4, 0.5) is 18.0 Å². The molecule has 2 aliphatic rings. The summed E-state index contributed by atoms with van der Waals surface area (Å²) in [6.07, 6.45) is -3.90. The minimum absolute atomic E-state index is 0.206. The largest absolute Gasteiger partial charge is 0.444 e. The van der Waals surface area contributed by atoms with Crippen LogP contribution in [0, 0.1) is 0 Å². The number of piperidine rings is 1. The van der Waals surface area contributed by atoms with Crippen LogP contribution in [-0.4, -0.2) is 35.8 Å². The van der Waals surface area contributed by atoms with Gasteiger partial charge >= 0.3 is 12.3 Å². The molecule has 152 valence electrons. The van der Waals surface area contributed by atoms with Gasteiger partial charge in [-0.15, -0.1) is 11.3 Å². The third-order valence-electron chi connectivity index (χ3n) is 4.86. The number of ether oxygens (including phenoxy) is 2. The number of hydrogen-bond acceptors (Lipinski definition) is 4. The summed E-state index contributed by atoms with van der Waals surface area (Å²) < 4.78 is 51.3. The molecule has 1 fully saturated rings. The Hall–Kier alpha value is -0.800. The van der Waals surface area contributed by atoms with Crippen LogP contribution in [0.25, 0.3) is 0 Å². The number of rotatable bonds is 0. The average Bonchev–Trinajstić information content (AvgIpc) is 2.97. The summed E-state index contributed by atoms with van der Waals surface area (Å²) >= 11 is 4.21. The molecule has 1 aromatic rings. The number of carbonyl (C=O) groups excluding carboxylic acids is 1. The van der Waals surface area contributed by atoms with Crippen LogP contribution in [0.15, 0.2) is 6.07 Å². The quantitative estimate of drug-likeness (QED) is 0.447. The third-order valence-corrected chi connectivity index (χ3v) is 7.18. The molecule has 27 heavy (non-hydrogen) atoms. The van der Waals surface area contributed by atoms with Gasteiger partial charge in [-0.2, -0.15) is 13.2 Å². The number of hydrogen-bond donors (Lipinski definition) is 0. The lowest BCUT2D eigenvalue weighted by molar-refractivity contribution is -0.134. The van der Waals surface area contributed by atoms with E-state index in [0.717, 1.165) is 11.3 Å². The van der Waals surface area contributed by atoms with Crippen molar-refractivity contribution in [2.75, 3.05) is 13.2 Å². The maximum Gasteiger partial charge on any atom is 0.425 e. The van der Waals surface area contributed by atoms with Crippen LogP contribution in [0.1, 0.15) is 60.7 Å². The molecule has 0 saturated carbocycles. The van der Waals surface area contributed by atoms with Crippen LogP contribution in [-0.2, 0) is 21.3 Å². The first kappa shape index (κ1) is 20.9. The normalized spacial score (nSPS) is 29.0. The monoisotopic (exact) mass is 469 g/mol. The highest BCUT2D eigenvalue weighted by Crippen LogP contribution is 2.52. The number of amides is 1. The van der Waals surface area contributed by atoms with Gasteiger partial charge in [-0.25, -0.2) is 4.79 Å². The summed E-state index contributed by atoms with van der Waals surface area (Å²) in [6.45, 7) is 7.97. The zero-order valence-corrected chi connectivity index (χ0v) is 18.1. The molecule has 4 nitrogen and oxygen atoms in total. The predicted molar refractivity (Wildman–Crippen MR) is 100 cm³/mol. The van der Waals surface area contributed by atoms with Crippen LogP contribution in [0.5, 0.6) is 0 Å². The first-order valence-corrected chi connectivity index (χ1v) is 10.5. The van der Waals surface area contributed by atoms with E-state index in [0.29, 0.717) is 36.4 Å². The van der Waals surface area contributed by atoms with Gasteiger partial charge in [0.2, 0.25) is 0 Å². The van der Waals surface area contributed by atoms with E-state index >= 15 is 0 Å². The van der Waals surface area contributed by atoms with Crippen molar-refractivity contribution < 1.29 is 27.4 Å². The zero-order valence-electron chi connectivity index (χ0n) is 15.7. The van der Waals surface area contributed by atoms with Crippen molar-refractivity contribution in [2.24, 2.45) is 0 Å². The Balaban J connectivity index is 1.86. The number of carbonyl (C=O) groups is 1. The van der Waals surface area contributed by atoms with Crippen molar-refractivity contribution in [3.05, 3.63) is 21.4 Å². The van der Waals surface area contributed by atoms with Crippen molar-refractivity contribution in [3.63, 3.8) is 0 Å². The molecule has 0 bridgehead atoms. The Morgan fingerprint density at radius 1 is 1.41 bits per heavy atom. The first-order chi connectivity index (χ1) is 12.3. The lowest BCUT2D eigenvalue weighted by atomic mass is 9.79. The van der Waals surface area contributed by atoms with Gasteiger partial charge in [0.1, 0.15) is 10.5 Å². The van der Waals surface area contributed by atoms with Crippen molar-refractivity contribution in [3.8, 4) is 0 Å². The fourth-order valence-electron chi connectivity index (χ4n) is 3.70. The molecule has 3 atom stereocenters. The molecule has 0 aromatic carbocycles. The number of halogens is 4. The lowest BCUT2D eigenvalue weighted by Gasteiger charge is -2.47. The molecule has 3 unspecified atom stereocenters. The van der Waals surface area contributed by atoms with Crippen LogP contribution < -0.4 is 0 Å². The molecule has 3 heterocycles. The molecule has 2 aliphatic heterocycles. The average molecular weight is 470 g/mol. The second-order valence-corrected chi connectivity index (χ2v) is 10.3. The smallest absolute Gasteiger partial charge is 0.425 e. The van der Waals surface area contributed by atoms with Crippen molar-refractivity contribution in [1.82, 2.24) is 4.90 Å². The van der Waals surface area contributed by atoms with Gasteiger partial charge in [-0.05, 0) is 45.7 Å². The van der Waals surface area contributed by atoms with E-state index in [9.17, 15) is 18.0 Å². The zero-order chi connectivity index (χ0) is 20.2. The minimum atomic E-state index is -4.38. The van der Waals surface area contributed by atoms with Crippen molar-refractivity contribution in [2.45, 2.75) is 68.8 Å². The van der Waals surface area contributed by atoms with E-state index < -0.39 is 28.3 Å². The van der Waals surface area contributed by atoms with E-state index in [2.05, 4.69) is 15.9 Å². The topological polar surface area (TPSA) is 38.8 Å². The number of fused-ring (bicyclic) bond motifs is 2. The molecule has 9 heteroatoms. The van der Waals surface area contributed by atoms with E-state index in [1.807, 2.05) is 6.92 Å². The Labute approximate surface area is 169 Å². The highest BCUT2D eigenvalue weighted by atomic mass is 79.9. The van der Waals surface area contributed by atoms with E-state index in [-0.39, 0.29) is 10.9 Å². The molecule has 3 rings (SSSR count). The molecular weight excluding hydrogens is 447 g/mol. The summed E-state index contributed by atoms with van der Waals surface area (Å²) in [4.78, 5) is 13.9. The Morgan fingerprint density at radius 3 is 2.63 bits per heavy atom. The maximum absolute atomic E-state index is 13.2. The molecule has 1 spiro atoms. The van der Waals surface area contributed by atoms with Gasteiger partial charge in [0.25, 0.3) is 0 Å². The summed E-state index contributed by atoms with van der Waals surface area (Å²) in [5.74, 6) is 0. The number of nitrogens with zero attached hydrogens (tertiary/aromatic N) is 1. The van der Waals surface area contributed by atoms with Crippen molar-refractivity contribution in [1.29, 1.82) is 0 Å². The first-order valence-electron chi connectivity index (χ1n) is 8.81. The Morgan fingerprint density at radius 2 is 2.07 bits per heavy atom. The maximum atomic E-state index is 13.2. The van der Waals surface area contributed by atoms with Gasteiger partial charge in [0.15, 0.2) is 0 Å². The summed E-state index contributed by atoms with van der Waals surface area (Å²) in [5.41, 5.74) is -0.792. The number of alkyl halides is 4. The van der Waals surface area contributed by atoms with E-state index in [4.69, 9.17) is 9.47 Å². The van der Waals surface area contributed by atoms with E-state index in [1.54, 1.807) is 25.7 Å².